The number of ether oxygens (including phenoxy) is 5. The van der Waals surface area contributed by atoms with Crippen molar-refractivity contribution < 1.29 is 74.4 Å². The smallest absolute Gasteiger partial charge is 0.217 e. The lowest BCUT2D eigenvalue weighted by molar-refractivity contribution is -0.375. The van der Waals surface area contributed by atoms with Crippen LogP contribution in [0.4, 0.5) is 0 Å². The van der Waals surface area contributed by atoms with Gasteiger partial charge in [0.2, 0.25) is 5.91 Å². The molecule has 0 aromatic carbocycles. The molecule has 36 heavy (non-hydrogen) atoms. The van der Waals surface area contributed by atoms with Crippen LogP contribution in [0.1, 0.15) is 13.8 Å². The average Bonchev–Trinajstić information content (AvgIpc) is 2.83. The predicted molar refractivity (Wildman–Crippen MR) is 111 cm³/mol. The van der Waals surface area contributed by atoms with Crippen molar-refractivity contribution >= 4 is 5.91 Å². The van der Waals surface area contributed by atoms with Crippen molar-refractivity contribution in [1.29, 1.82) is 0 Å². The lowest BCUT2D eigenvalue weighted by Crippen LogP contribution is -2.68. The van der Waals surface area contributed by atoms with E-state index >= 15 is 0 Å². The molecular formula is C20H35NO15. The van der Waals surface area contributed by atoms with Gasteiger partial charge in [-0.2, -0.15) is 0 Å². The number of aliphatic hydroxyl groups is 9. The van der Waals surface area contributed by atoms with E-state index in [1.165, 1.54) is 6.92 Å². The molecule has 3 aliphatic heterocycles. The van der Waals surface area contributed by atoms with Crippen LogP contribution in [0.3, 0.4) is 0 Å². The van der Waals surface area contributed by atoms with Gasteiger partial charge in [0.25, 0.3) is 0 Å². The predicted octanol–water partition coefficient (Wildman–Crippen LogP) is -6.40. The Kier molecular flexibility index (Phi) is 9.97. The molecule has 0 aromatic rings. The third kappa shape index (κ3) is 5.97. The number of hydrogen-bond donors (Lipinski definition) is 10. The molecule has 0 unspecified atom stereocenters. The maximum atomic E-state index is 11.6. The summed E-state index contributed by atoms with van der Waals surface area (Å²) < 4.78 is 27.0. The van der Waals surface area contributed by atoms with Crippen LogP contribution in [-0.4, -0.2) is 157 Å². The highest BCUT2D eigenvalue weighted by molar-refractivity contribution is 5.73. The van der Waals surface area contributed by atoms with Crippen molar-refractivity contribution in [3.63, 3.8) is 0 Å². The highest BCUT2D eigenvalue weighted by atomic mass is 16.8. The molecule has 16 nitrogen and oxygen atoms in total. The minimum Gasteiger partial charge on any atom is -0.394 e. The second-order valence-electron chi connectivity index (χ2n) is 9.05. The van der Waals surface area contributed by atoms with Gasteiger partial charge in [-0.25, -0.2) is 0 Å². The van der Waals surface area contributed by atoms with E-state index in [0.717, 1.165) is 6.92 Å². The molecule has 16 heteroatoms. The van der Waals surface area contributed by atoms with Crippen LogP contribution in [-0.2, 0) is 28.5 Å². The highest BCUT2D eigenvalue weighted by Gasteiger charge is 2.53. The molecule has 3 rings (SSSR count). The highest BCUT2D eigenvalue weighted by Crippen LogP contribution is 2.32. The first-order valence-electron chi connectivity index (χ1n) is 11.4. The summed E-state index contributed by atoms with van der Waals surface area (Å²) >= 11 is 0. The van der Waals surface area contributed by atoms with Gasteiger partial charge in [0, 0.05) is 6.92 Å². The molecule has 0 radical (unpaired) electrons. The third-order valence-electron chi connectivity index (χ3n) is 6.46. The first kappa shape index (κ1) is 29.5. The Morgan fingerprint density at radius 1 is 0.722 bits per heavy atom. The Hall–Kier alpha value is -1.09. The number of rotatable bonds is 7. The number of carbonyl (C=O) groups excluding carboxylic acids is 1. The monoisotopic (exact) mass is 529 g/mol. The molecule has 10 N–H and O–H groups in total. The molecule has 3 fully saturated rings. The first-order valence-corrected chi connectivity index (χ1v) is 11.4. The Balaban J connectivity index is 1.75. The number of aliphatic hydroxyl groups excluding tert-OH is 9. The van der Waals surface area contributed by atoms with Gasteiger partial charge in [0.15, 0.2) is 18.9 Å². The molecular weight excluding hydrogens is 494 g/mol. The van der Waals surface area contributed by atoms with E-state index in [4.69, 9.17) is 23.7 Å². The second-order valence-corrected chi connectivity index (χ2v) is 9.05. The molecule has 3 heterocycles. The molecule has 210 valence electrons. The van der Waals surface area contributed by atoms with E-state index in [9.17, 15) is 50.8 Å². The van der Waals surface area contributed by atoms with Gasteiger partial charge in [-0.1, -0.05) is 0 Å². The summed E-state index contributed by atoms with van der Waals surface area (Å²) in [5.41, 5.74) is 0. The van der Waals surface area contributed by atoms with E-state index in [2.05, 4.69) is 5.32 Å². The van der Waals surface area contributed by atoms with Crippen LogP contribution in [0.5, 0.6) is 0 Å². The van der Waals surface area contributed by atoms with E-state index in [1.54, 1.807) is 0 Å². The summed E-state index contributed by atoms with van der Waals surface area (Å²) in [5.74, 6) is -0.623. The van der Waals surface area contributed by atoms with Crippen LogP contribution in [0.2, 0.25) is 0 Å². The zero-order chi connectivity index (χ0) is 26.9. The van der Waals surface area contributed by atoms with Gasteiger partial charge < -0.3 is 75.0 Å². The molecule has 0 spiro atoms. The Morgan fingerprint density at radius 3 is 1.86 bits per heavy atom. The summed E-state index contributed by atoms with van der Waals surface area (Å²) in [4.78, 5) is 11.6. The number of amides is 1. The summed E-state index contributed by atoms with van der Waals surface area (Å²) in [6.07, 6.45) is -21.9. The fraction of sp³-hybridized carbons (Fsp3) is 0.950. The van der Waals surface area contributed by atoms with Crippen molar-refractivity contribution in [2.45, 2.75) is 106 Å². The normalized spacial score (nSPS) is 50.0. The van der Waals surface area contributed by atoms with E-state index in [0.29, 0.717) is 0 Å². The van der Waals surface area contributed by atoms with Crippen molar-refractivity contribution in [3.8, 4) is 0 Å². The van der Waals surface area contributed by atoms with E-state index in [-0.39, 0.29) is 0 Å². The van der Waals surface area contributed by atoms with Gasteiger partial charge in [-0.05, 0) is 6.92 Å². The third-order valence-corrected chi connectivity index (χ3v) is 6.46. The minimum atomic E-state index is -1.89. The van der Waals surface area contributed by atoms with Crippen molar-refractivity contribution in [2.24, 2.45) is 0 Å². The summed E-state index contributed by atoms with van der Waals surface area (Å²) in [6, 6.07) is -1.37. The van der Waals surface area contributed by atoms with E-state index in [1.807, 2.05) is 0 Å². The first-order chi connectivity index (χ1) is 16.9. The molecule has 0 saturated carbocycles. The fourth-order valence-electron chi connectivity index (χ4n) is 4.40. The number of carbonyl (C=O) groups is 1. The van der Waals surface area contributed by atoms with Crippen LogP contribution in [0.15, 0.2) is 0 Å². The summed E-state index contributed by atoms with van der Waals surface area (Å²) in [7, 11) is 0. The minimum absolute atomic E-state index is 0.623. The Morgan fingerprint density at radius 2 is 1.28 bits per heavy atom. The zero-order valence-electron chi connectivity index (χ0n) is 19.5. The molecule has 3 aliphatic rings. The standard InChI is InChI=1S/C20H35NO15/c1-5-10(25)13(28)17(18(31)32-5)36-20-15(30)14(29)16(8(4-23)34-20)35-19-9(21-6(2)24)12(27)11(26)7(3-22)33-19/h5,7-20,22-23,25-31H,3-4H2,1-2H3,(H,21,24)/t5-,7+,8+,9-,10-,11+,12+,13+,14+,15+,16+,17+,18-,19-,20+/m0/s1. The van der Waals surface area contributed by atoms with Crippen molar-refractivity contribution in [3.05, 3.63) is 0 Å². The van der Waals surface area contributed by atoms with E-state index < -0.39 is 111 Å². The topological polar surface area (TPSA) is 257 Å². The molecule has 0 bridgehead atoms. The molecule has 0 aromatic heterocycles. The maximum Gasteiger partial charge on any atom is 0.217 e. The molecule has 3 saturated heterocycles. The van der Waals surface area contributed by atoms with Gasteiger partial charge in [0.1, 0.15) is 67.1 Å². The molecule has 15 atom stereocenters. The average molecular weight is 529 g/mol. The Labute approximate surface area is 205 Å². The summed E-state index contributed by atoms with van der Waals surface area (Å²) in [5, 5.41) is 93.9. The Bertz CT molecular complexity index is 729. The van der Waals surface area contributed by atoms with Gasteiger partial charge >= 0.3 is 0 Å². The zero-order valence-corrected chi connectivity index (χ0v) is 19.5. The molecule has 0 aliphatic carbocycles. The maximum absolute atomic E-state index is 11.6. The lowest BCUT2D eigenvalue weighted by atomic mass is 9.95. The SMILES string of the molecule is CC(=O)N[C@@H]1[C@H](O[C@H]2[C@H](O)[C@@H](O)[C@@H](O[C@@H]3[C@H](O)[C@@H](O)[C@H](C)O[C@@H]3O)O[C@@H]2CO)O[C@H](CO)[C@@H](O)[C@@H]1O. The quantitative estimate of drug-likeness (QED) is 0.147. The summed E-state index contributed by atoms with van der Waals surface area (Å²) in [6.45, 7) is 1.01. The van der Waals surface area contributed by atoms with Crippen LogP contribution in [0.25, 0.3) is 0 Å². The van der Waals surface area contributed by atoms with Crippen LogP contribution >= 0.6 is 0 Å². The number of nitrogens with one attached hydrogen (secondary N) is 1. The van der Waals surface area contributed by atoms with Crippen molar-refractivity contribution in [1.82, 2.24) is 5.32 Å². The van der Waals surface area contributed by atoms with Gasteiger partial charge in [-0.3, -0.25) is 4.79 Å². The lowest BCUT2D eigenvalue weighted by Gasteiger charge is -2.48. The largest absolute Gasteiger partial charge is 0.394 e. The van der Waals surface area contributed by atoms with Crippen LogP contribution < -0.4 is 5.32 Å². The second kappa shape index (κ2) is 12.2. The van der Waals surface area contributed by atoms with Crippen LogP contribution in [0, 0.1) is 0 Å². The van der Waals surface area contributed by atoms with Gasteiger partial charge in [0.05, 0.1) is 19.3 Å². The van der Waals surface area contributed by atoms with Crippen molar-refractivity contribution in [2.75, 3.05) is 13.2 Å². The number of hydrogen-bond acceptors (Lipinski definition) is 15. The van der Waals surface area contributed by atoms with Gasteiger partial charge in [-0.15, -0.1) is 0 Å². The molecule has 1 amide bonds. The fourth-order valence-corrected chi connectivity index (χ4v) is 4.40.